The number of rotatable bonds is 7. The fourth-order valence-corrected chi connectivity index (χ4v) is 8.56. The zero-order valence-corrected chi connectivity index (χ0v) is 23.8. The van der Waals surface area contributed by atoms with Crippen molar-refractivity contribution in [3.8, 4) is 0 Å². The van der Waals surface area contributed by atoms with Gasteiger partial charge < -0.3 is 9.47 Å². The van der Waals surface area contributed by atoms with Gasteiger partial charge in [-0.1, -0.05) is 0 Å². The lowest BCUT2D eigenvalue weighted by atomic mass is 9.48. The van der Waals surface area contributed by atoms with Gasteiger partial charge in [-0.3, -0.25) is 4.79 Å². The van der Waals surface area contributed by atoms with Crippen LogP contribution in [-0.2, 0) is 24.3 Å². The molecular weight excluding hydrogens is 717 g/mol. The van der Waals surface area contributed by atoms with E-state index in [2.05, 4.69) is 45.2 Å². The van der Waals surface area contributed by atoms with Gasteiger partial charge in [-0.05, 0) is 114 Å². The molecule has 2 unspecified atom stereocenters. The average molecular weight is 741 g/mol. The quantitative estimate of drug-likeness (QED) is 0.248. The number of benzene rings is 1. The van der Waals surface area contributed by atoms with Gasteiger partial charge in [-0.15, -0.1) is 0 Å². The number of carbonyl (C=O) groups is 2. The van der Waals surface area contributed by atoms with Crippen LogP contribution in [0.5, 0.6) is 0 Å². The van der Waals surface area contributed by atoms with Crippen molar-refractivity contribution in [1.82, 2.24) is 4.72 Å². The maximum absolute atomic E-state index is 13.2. The second-order valence-corrected chi connectivity index (χ2v) is 14.0. The first-order chi connectivity index (χ1) is 16.2. The Labute approximate surface area is 228 Å². The lowest BCUT2D eigenvalue weighted by Crippen LogP contribution is -2.60. The Bertz CT molecular complexity index is 1140. The molecule has 0 heterocycles. The molecule has 4 fully saturated rings. The van der Waals surface area contributed by atoms with Crippen LogP contribution in [0.15, 0.2) is 12.1 Å². The molecule has 0 radical (unpaired) electrons. The number of alkyl halides is 3. The molecule has 4 aliphatic rings. The Hall–Kier alpha value is -0.680. The van der Waals surface area contributed by atoms with E-state index in [9.17, 15) is 31.2 Å². The predicted octanol–water partition coefficient (Wildman–Crippen LogP) is 4.68. The SMILES string of the molecule is Cc1c(I)cc(I)cc1C(=O)OC12CC3CC(C1)CC(C(=O)OCCNS(=O)(=O)C(F)(F)F)(C3)C2. The standard InChI is InChI=1S/C22H24F3I2NO6S/c1-12-16(5-15(26)6-17(12)27)18(29)34-21-9-13-4-14(10-21)8-20(7-13,11-21)19(30)33-3-2-28-35(31,32)22(23,24)25/h5-6,13-14,28H,2-4,7-11H2,1H3. The number of ether oxygens (including phenoxy) is 2. The van der Waals surface area contributed by atoms with Crippen molar-refractivity contribution >= 4 is 67.1 Å². The van der Waals surface area contributed by atoms with Crippen LogP contribution in [0.25, 0.3) is 0 Å². The van der Waals surface area contributed by atoms with Crippen molar-refractivity contribution in [2.24, 2.45) is 17.3 Å². The van der Waals surface area contributed by atoms with E-state index in [-0.39, 0.29) is 11.8 Å². The van der Waals surface area contributed by atoms with Crippen LogP contribution >= 0.6 is 45.2 Å². The normalized spacial score (nSPS) is 29.8. The van der Waals surface area contributed by atoms with Gasteiger partial charge in [0.25, 0.3) is 0 Å². The molecular formula is C22H24F3I2NO6S. The number of hydrogen-bond donors (Lipinski definition) is 1. The molecule has 1 aromatic carbocycles. The number of sulfonamides is 1. The Kier molecular flexibility index (Phi) is 7.48. The third kappa shape index (κ3) is 5.47. The molecule has 0 saturated heterocycles. The van der Waals surface area contributed by atoms with Gasteiger partial charge >= 0.3 is 27.5 Å². The highest BCUT2D eigenvalue weighted by Gasteiger charge is 2.63. The van der Waals surface area contributed by atoms with Crippen molar-refractivity contribution in [2.75, 3.05) is 13.2 Å². The van der Waals surface area contributed by atoms with Gasteiger partial charge in [0.05, 0.1) is 11.0 Å². The van der Waals surface area contributed by atoms with Crippen LogP contribution in [0.4, 0.5) is 13.2 Å². The summed E-state index contributed by atoms with van der Waals surface area (Å²) in [6, 6.07) is 3.75. The molecule has 5 rings (SSSR count). The van der Waals surface area contributed by atoms with Gasteiger partial charge in [0.15, 0.2) is 0 Å². The zero-order chi connectivity index (χ0) is 25.8. The molecule has 13 heteroatoms. The van der Waals surface area contributed by atoms with Crippen molar-refractivity contribution in [1.29, 1.82) is 0 Å². The molecule has 1 aromatic rings. The van der Waals surface area contributed by atoms with Crippen LogP contribution in [-0.4, -0.2) is 44.6 Å². The third-order valence-electron chi connectivity index (χ3n) is 7.21. The maximum Gasteiger partial charge on any atom is 0.511 e. The molecule has 35 heavy (non-hydrogen) atoms. The Morgan fingerprint density at radius 1 is 1.14 bits per heavy atom. The second-order valence-electron chi connectivity index (χ2n) is 9.85. The van der Waals surface area contributed by atoms with Gasteiger partial charge in [-0.25, -0.2) is 17.9 Å². The molecule has 1 N–H and O–H groups in total. The summed E-state index contributed by atoms with van der Waals surface area (Å²) in [5, 5.41) is 0. The second kappa shape index (κ2) is 9.57. The monoisotopic (exact) mass is 741 g/mol. The highest BCUT2D eigenvalue weighted by Crippen LogP contribution is 2.63. The van der Waals surface area contributed by atoms with Crippen molar-refractivity contribution in [3.63, 3.8) is 0 Å². The molecule has 4 saturated carbocycles. The Balaban J connectivity index is 1.45. The highest BCUT2D eigenvalue weighted by atomic mass is 127. The Morgan fingerprint density at radius 3 is 2.37 bits per heavy atom. The van der Waals surface area contributed by atoms with E-state index < -0.39 is 51.6 Å². The molecule has 194 valence electrons. The third-order valence-corrected chi connectivity index (χ3v) is 10.1. The fraction of sp³-hybridized carbons (Fsp3) is 0.636. The summed E-state index contributed by atoms with van der Waals surface area (Å²) >= 11 is 4.32. The summed E-state index contributed by atoms with van der Waals surface area (Å²) in [6.07, 6.45) is 3.68. The summed E-state index contributed by atoms with van der Waals surface area (Å²) in [5.41, 5.74) is -5.79. The molecule has 0 amide bonds. The van der Waals surface area contributed by atoms with Crippen LogP contribution < -0.4 is 4.72 Å². The van der Waals surface area contributed by atoms with E-state index >= 15 is 0 Å². The maximum atomic E-state index is 13.2. The van der Waals surface area contributed by atoms with Gasteiger partial charge in [0.1, 0.15) is 12.2 Å². The van der Waals surface area contributed by atoms with Crippen LogP contribution in [0.1, 0.15) is 54.4 Å². The van der Waals surface area contributed by atoms with E-state index in [0.717, 1.165) is 19.1 Å². The van der Waals surface area contributed by atoms with E-state index in [1.807, 2.05) is 13.0 Å². The average Bonchev–Trinajstić information content (AvgIpc) is 2.71. The molecule has 7 nitrogen and oxygen atoms in total. The minimum Gasteiger partial charge on any atom is -0.464 e. The summed E-state index contributed by atoms with van der Waals surface area (Å²) in [4.78, 5) is 26.3. The first-order valence-corrected chi connectivity index (χ1v) is 14.7. The van der Waals surface area contributed by atoms with Crippen LogP contribution in [0.3, 0.4) is 0 Å². The highest BCUT2D eigenvalue weighted by molar-refractivity contribution is 14.1. The minimum absolute atomic E-state index is 0.178. The van der Waals surface area contributed by atoms with E-state index in [1.54, 1.807) is 6.07 Å². The first kappa shape index (κ1) is 27.4. The largest absolute Gasteiger partial charge is 0.511 e. The number of nitrogens with one attached hydrogen (secondary N) is 1. The topological polar surface area (TPSA) is 98.8 Å². The molecule has 0 aromatic heterocycles. The number of halogens is 5. The molecule has 4 bridgehead atoms. The smallest absolute Gasteiger partial charge is 0.464 e. The van der Waals surface area contributed by atoms with Crippen LogP contribution in [0.2, 0.25) is 0 Å². The summed E-state index contributed by atoms with van der Waals surface area (Å²) < 4.78 is 74.3. The lowest BCUT2D eigenvalue weighted by molar-refractivity contribution is -0.196. The van der Waals surface area contributed by atoms with Gasteiger partial charge in [0.2, 0.25) is 0 Å². The minimum atomic E-state index is -5.50. The van der Waals surface area contributed by atoms with E-state index in [0.29, 0.717) is 37.7 Å². The van der Waals surface area contributed by atoms with Crippen molar-refractivity contribution in [3.05, 3.63) is 30.4 Å². The molecule has 4 aliphatic carbocycles. The Morgan fingerprint density at radius 2 is 1.77 bits per heavy atom. The lowest BCUT2D eigenvalue weighted by Gasteiger charge is -2.59. The molecule has 0 aliphatic heterocycles. The van der Waals surface area contributed by atoms with Gasteiger partial charge in [0, 0.05) is 20.1 Å². The first-order valence-electron chi connectivity index (χ1n) is 11.1. The number of carbonyl (C=O) groups excluding carboxylic acids is 2. The molecule has 2 atom stereocenters. The van der Waals surface area contributed by atoms with E-state index in [1.165, 1.54) is 4.72 Å². The zero-order valence-electron chi connectivity index (χ0n) is 18.7. The predicted molar refractivity (Wildman–Crippen MR) is 136 cm³/mol. The fourth-order valence-electron chi connectivity index (χ4n) is 6.20. The van der Waals surface area contributed by atoms with Gasteiger partial charge in [-0.2, -0.15) is 13.2 Å². The summed E-state index contributed by atoms with van der Waals surface area (Å²) in [5.74, 6) is -0.640. The van der Waals surface area contributed by atoms with Crippen LogP contribution in [0, 0.1) is 31.3 Å². The summed E-state index contributed by atoms with van der Waals surface area (Å²) in [6.45, 7) is 0.666. The summed E-state index contributed by atoms with van der Waals surface area (Å²) in [7, 11) is -5.50. The number of hydrogen-bond acceptors (Lipinski definition) is 6. The number of esters is 2. The van der Waals surface area contributed by atoms with Crippen molar-refractivity contribution < 1.29 is 40.7 Å². The van der Waals surface area contributed by atoms with Crippen molar-refractivity contribution in [2.45, 2.75) is 56.6 Å². The van der Waals surface area contributed by atoms with E-state index in [4.69, 9.17) is 9.47 Å². The molecule has 0 spiro atoms.